The van der Waals surface area contributed by atoms with Crippen LogP contribution in [0.1, 0.15) is 17.0 Å². The first-order valence-corrected chi connectivity index (χ1v) is 6.96. The predicted molar refractivity (Wildman–Crippen MR) is 84.5 cm³/mol. The number of carbonyl (C=O) groups excluding carboxylic acids is 1. The lowest BCUT2D eigenvalue weighted by atomic mass is 9.92. The molecule has 0 radical (unpaired) electrons. The molecule has 0 saturated carbocycles. The van der Waals surface area contributed by atoms with E-state index < -0.39 is 0 Å². The van der Waals surface area contributed by atoms with Gasteiger partial charge in [-0.15, -0.1) is 0 Å². The number of hydrogen-bond acceptors (Lipinski definition) is 1. The number of aldehydes is 1. The van der Waals surface area contributed by atoms with Crippen LogP contribution in [0.5, 0.6) is 0 Å². The van der Waals surface area contributed by atoms with Gasteiger partial charge in [0.05, 0.1) is 5.92 Å². The van der Waals surface area contributed by atoms with Gasteiger partial charge in [0.15, 0.2) is 0 Å². The molecule has 4 rings (SSSR count). The molecule has 2 aromatic carbocycles. The largest absolute Gasteiger partial charge is 0.361 e. The van der Waals surface area contributed by atoms with Gasteiger partial charge in [-0.1, -0.05) is 36.4 Å². The monoisotopic (exact) mass is 274 g/mol. The number of carbonyl (C=O) groups is 1. The zero-order chi connectivity index (χ0) is 14.2. The minimum atomic E-state index is -0.266. The predicted octanol–water partition coefficient (Wildman–Crippen LogP) is 3.98. The Morgan fingerprint density at radius 1 is 0.762 bits per heavy atom. The minimum Gasteiger partial charge on any atom is -0.361 e. The average Bonchev–Trinajstić information content (AvgIpc) is 3.14. The van der Waals surface area contributed by atoms with Crippen molar-refractivity contribution in [3.63, 3.8) is 0 Å². The fraction of sp³-hybridized carbons (Fsp3) is 0.0556. The van der Waals surface area contributed by atoms with Crippen molar-refractivity contribution >= 4 is 28.1 Å². The quantitative estimate of drug-likeness (QED) is 0.545. The zero-order valence-corrected chi connectivity index (χ0v) is 11.3. The first kappa shape index (κ1) is 12.0. The van der Waals surface area contributed by atoms with Gasteiger partial charge < -0.3 is 14.8 Å². The zero-order valence-electron chi connectivity index (χ0n) is 11.3. The summed E-state index contributed by atoms with van der Waals surface area (Å²) >= 11 is 0. The van der Waals surface area contributed by atoms with Crippen molar-refractivity contribution in [3.05, 3.63) is 72.1 Å². The third-order valence-electron chi connectivity index (χ3n) is 4.05. The fourth-order valence-corrected chi connectivity index (χ4v) is 3.02. The number of benzene rings is 2. The number of nitrogens with one attached hydrogen (secondary N) is 2. The lowest BCUT2D eigenvalue weighted by Crippen LogP contribution is -2.00. The number of rotatable bonds is 3. The summed E-state index contributed by atoms with van der Waals surface area (Å²) in [5.74, 6) is -0.266. The molecule has 0 fully saturated rings. The molecule has 0 atom stereocenters. The molecule has 0 spiro atoms. The molecule has 0 aliphatic heterocycles. The third kappa shape index (κ3) is 1.78. The summed E-state index contributed by atoms with van der Waals surface area (Å²) in [5, 5.41) is 2.19. The van der Waals surface area contributed by atoms with E-state index in [9.17, 15) is 4.79 Å². The van der Waals surface area contributed by atoms with E-state index in [0.29, 0.717) is 0 Å². The van der Waals surface area contributed by atoms with Crippen LogP contribution in [0.2, 0.25) is 0 Å². The Labute approximate surface area is 121 Å². The lowest BCUT2D eigenvalue weighted by Gasteiger charge is -2.08. The van der Waals surface area contributed by atoms with Gasteiger partial charge in [-0.3, -0.25) is 0 Å². The molecule has 102 valence electrons. The highest BCUT2D eigenvalue weighted by Crippen LogP contribution is 2.33. The Morgan fingerprint density at radius 2 is 1.24 bits per heavy atom. The standard InChI is InChI=1S/C18H14N2O/c21-11-16(14-9-19-17-7-3-1-5-12(14)17)15-10-20-18-8-4-2-6-13(15)18/h1-11,16,19-20H. The van der Waals surface area contributed by atoms with Gasteiger partial charge in [-0.05, 0) is 23.3 Å². The Kier molecular flexibility index (Phi) is 2.64. The lowest BCUT2D eigenvalue weighted by molar-refractivity contribution is -0.108. The molecular weight excluding hydrogens is 260 g/mol. The van der Waals surface area contributed by atoms with E-state index in [1.165, 1.54) is 0 Å². The first-order chi connectivity index (χ1) is 10.4. The molecule has 0 aliphatic rings. The SMILES string of the molecule is O=CC(c1c[nH]c2ccccc12)c1c[nH]c2ccccc12. The summed E-state index contributed by atoms with van der Waals surface area (Å²) in [6, 6.07) is 16.1. The van der Waals surface area contributed by atoms with Crippen LogP contribution in [0.4, 0.5) is 0 Å². The van der Waals surface area contributed by atoms with Crippen LogP contribution in [0.25, 0.3) is 21.8 Å². The second-order valence-electron chi connectivity index (χ2n) is 5.19. The molecule has 21 heavy (non-hydrogen) atoms. The van der Waals surface area contributed by atoms with Crippen molar-refractivity contribution < 1.29 is 4.79 Å². The van der Waals surface area contributed by atoms with Gasteiger partial charge in [-0.2, -0.15) is 0 Å². The fourth-order valence-electron chi connectivity index (χ4n) is 3.02. The normalized spacial score (nSPS) is 11.5. The molecule has 0 amide bonds. The van der Waals surface area contributed by atoms with E-state index in [2.05, 4.69) is 9.97 Å². The van der Waals surface area contributed by atoms with E-state index in [-0.39, 0.29) is 5.92 Å². The van der Waals surface area contributed by atoms with E-state index >= 15 is 0 Å². The number of aromatic nitrogens is 2. The number of para-hydroxylation sites is 2. The molecule has 0 bridgehead atoms. The van der Waals surface area contributed by atoms with Crippen LogP contribution in [-0.4, -0.2) is 16.3 Å². The Hall–Kier alpha value is -2.81. The molecule has 0 aliphatic carbocycles. The van der Waals surface area contributed by atoms with Crippen molar-refractivity contribution in [2.45, 2.75) is 5.92 Å². The van der Waals surface area contributed by atoms with Crippen molar-refractivity contribution in [3.8, 4) is 0 Å². The second-order valence-corrected chi connectivity index (χ2v) is 5.19. The Bertz CT molecular complexity index is 858. The molecule has 0 unspecified atom stereocenters. The van der Waals surface area contributed by atoms with Gasteiger partial charge in [0, 0.05) is 34.2 Å². The number of aromatic amines is 2. The molecule has 3 heteroatoms. The second kappa shape index (κ2) is 4.63. The molecule has 2 aromatic heterocycles. The van der Waals surface area contributed by atoms with Crippen LogP contribution in [-0.2, 0) is 4.79 Å². The van der Waals surface area contributed by atoms with Gasteiger partial charge in [0.25, 0.3) is 0 Å². The average molecular weight is 274 g/mol. The maximum absolute atomic E-state index is 11.8. The van der Waals surface area contributed by atoms with E-state index in [4.69, 9.17) is 0 Å². The smallest absolute Gasteiger partial charge is 0.132 e. The Balaban J connectivity index is 1.94. The highest BCUT2D eigenvalue weighted by Gasteiger charge is 2.20. The topological polar surface area (TPSA) is 48.6 Å². The highest BCUT2D eigenvalue weighted by atomic mass is 16.1. The van der Waals surface area contributed by atoms with Gasteiger partial charge in [-0.25, -0.2) is 0 Å². The molecule has 2 heterocycles. The molecule has 4 aromatic rings. The van der Waals surface area contributed by atoms with Crippen LogP contribution in [0.3, 0.4) is 0 Å². The first-order valence-electron chi connectivity index (χ1n) is 6.96. The van der Waals surface area contributed by atoms with E-state index in [1.54, 1.807) is 0 Å². The summed E-state index contributed by atoms with van der Waals surface area (Å²) in [6.07, 6.45) is 4.89. The third-order valence-corrected chi connectivity index (χ3v) is 4.05. The Morgan fingerprint density at radius 3 is 1.71 bits per heavy atom. The highest BCUT2D eigenvalue weighted by molar-refractivity contribution is 5.92. The minimum absolute atomic E-state index is 0.266. The summed E-state index contributed by atoms with van der Waals surface area (Å²) in [4.78, 5) is 18.2. The van der Waals surface area contributed by atoms with Gasteiger partial charge in [0.1, 0.15) is 6.29 Å². The molecule has 2 N–H and O–H groups in total. The van der Waals surface area contributed by atoms with Crippen LogP contribution in [0, 0.1) is 0 Å². The van der Waals surface area contributed by atoms with E-state index in [1.807, 2.05) is 60.9 Å². The van der Waals surface area contributed by atoms with Gasteiger partial charge >= 0.3 is 0 Å². The number of fused-ring (bicyclic) bond motifs is 2. The van der Waals surface area contributed by atoms with Crippen LogP contribution in [0.15, 0.2) is 60.9 Å². The number of H-pyrrole nitrogens is 2. The van der Waals surface area contributed by atoms with Crippen molar-refractivity contribution in [2.75, 3.05) is 0 Å². The summed E-state index contributed by atoms with van der Waals surface area (Å²) in [5.41, 5.74) is 4.15. The summed E-state index contributed by atoms with van der Waals surface area (Å²) < 4.78 is 0. The van der Waals surface area contributed by atoms with Gasteiger partial charge in [0.2, 0.25) is 0 Å². The molecular formula is C18H14N2O. The van der Waals surface area contributed by atoms with Crippen molar-refractivity contribution in [1.29, 1.82) is 0 Å². The maximum atomic E-state index is 11.8. The summed E-state index contributed by atoms with van der Waals surface area (Å²) in [6.45, 7) is 0. The van der Waals surface area contributed by atoms with Crippen molar-refractivity contribution in [1.82, 2.24) is 9.97 Å². The van der Waals surface area contributed by atoms with Crippen molar-refractivity contribution in [2.24, 2.45) is 0 Å². The van der Waals surface area contributed by atoms with Crippen LogP contribution < -0.4 is 0 Å². The maximum Gasteiger partial charge on any atom is 0.132 e. The summed E-state index contributed by atoms with van der Waals surface area (Å²) in [7, 11) is 0. The molecule has 0 saturated heterocycles. The van der Waals surface area contributed by atoms with Crippen LogP contribution >= 0.6 is 0 Å². The molecule has 3 nitrogen and oxygen atoms in total. The number of hydrogen-bond donors (Lipinski definition) is 2. The van der Waals surface area contributed by atoms with E-state index in [0.717, 1.165) is 39.2 Å².